The number of hydrogen-bond acceptors (Lipinski definition) is 5. The third kappa shape index (κ3) is 3.61. The molecule has 8 nitrogen and oxygen atoms in total. The summed E-state index contributed by atoms with van der Waals surface area (Å²) < 4.78 is 2.04. The van der Waals surface area contributed by atoms with Crippen molar-refractivity contribution in [3.8, 4) is 11.6 Å². The zero-order valence-electron chi connectivity index (χ0n) is 14.4. The van der Waals surface area contributed by atoms with Gasteiger partial charge >= 0.3 is 11.2 Å². The summed E-state index contributed by atoms with van der Waals surface area (Å²) >= 11 is 5.94. The second kappa shape index (κ2) is 7.08. The molecule has 0 aliphatic heterocycles. The lowest BCUT2D eigenvalue weighted by Crippen LogP contribution is -2.14. The van der Waals surface area contributed by atoms with E-state index in [0.29, 0.717) is 5.02 Å². The second-order valence-electron chi connectivity index (χ2n) is 5.85. The molecule has 27 heavy (non-hydrogen) atoms. The molecule has 0 aliphatic rings. The molecule has 0 unspecified atom stereocenters. The summed E-state index contributed by atoms with van der Waals surface area (Å²) in [6, 6.07) is 9.37. The summed E-state index contributed by atoms with van der Waals surface area (Å²) in [6.45, 7) is 3.89. The van der Waals surface area contributed by atoms with Crippen LogP contribution in [0.4, 0.5) is 5.69 Å². The molecule has 0 atom stereocenters. The molecule has 1 aromatic carbocycles. The molecule has 2 heterocycles. The van der Waals surface area contributed by atoms with E-state index in [2.05, 4.69) is 9.97 Å². The van der Waals surface area contributed by atoms with Gasteiger partial charge in [-0.1, -0.05) is 11.6 Å². The Kier molecular flexibility index (Phi) is 4.83. The molecule has 3 aromatic rings. The van der Waals surface area contributed by atoms with E-state index < -0.39 is 22.0 Å². The maximum atomic E-state index is 11.7. The van der Waals surface area contributed by atoms with Gasteiger partial charge in [0.1, 0.15) is 5.82 Å². The Labute approximate surface area is 158 Å². The summed E-state index contributed by atoms with van der Waals surface area (Å²) in [5, 5.41) is 21.0. The molecular weight excluding hydrogens is 372 g/mol. The Morgan fingerprint density at radius 3 is 2.52 bits per heavy atom. The quantitative estimate of drug-likeness (QED) is 0.525. The van der Waals surface area contributed by atoms with Crippen LogP contribution in [-0.2, 0) is 0 Å². The minimum atomic E-state index is -1.02. The Balaban J connectivity index is 1.97. The largest absolute Gasteiger partial charge is 0.488 e. The number of aryl methyl sites for hydroxylation is 1. The van der Waals surface area contributed by atoms with Gasteiger partial charge in [0.15, 0.2) is 0 Å². The fraction of sp³-hybridized carbons (Fsp3) is 0.111. The number of halogens is 1. The molecule has 0 fully saturated rings. The summed E-state index contributed by atoms with van der Waals surface area (Å²) in [4.78, 5) is 27.4. The molecule has 0 saturated carbocycles. The number of aromatic amines is 1. The highest BCUT2D eigenvalue weighted by Gasteiger charge is 2.21. The van der Waals surface area contributed by atoms with Crippen LogP contribution in [0.2, 0.25) is 5.02 Å². The summed E-state index contributed by atoms with van der Waals surface area (Å²) in [6.07, 6.45) is 3.18. The van der Waals surface area contributed by atoms with Gasteiger partial charge in [-0.3, -0.25) is 14.9 Å². The lowest BCUT2D eigenvalue weighted by Gasteiger charge is -2.09. The molecule has 0 aliphatic carbocycles. The van der Waals surface area contributed by atoms with Crippen LogP contribution in [0, 0.1) is 24.0 Å². The van der Waals surface area contributed by atoms with Gasteiger partial charge in [0.25, 0.3) is 5.88 Å². The maximum absolute atomic E-state index is 11.7. The van der Waals surface area contributed by atoms with Crippen LogP contribution < -0.4 is 5.56 Å². The predicted molar refractivity (Wildman–Crippen MR) is 102 cm³/mol. The monoisotopic (exact) mass is 386 g/mol. The van der Waals surface area contributed by atoms with Gasteiger partial charge in [0, 0.05) is 22.1 Å². The molecule has 2 aromatic heterocycles. The SMILES string of the molecule is Cc1cc(C=Cc2nc(O)c([N+](=O)[O-])c(=O)[nH]2)c(C)n1-c1ccc(Cl)cc1. The van der Waals surface area contributed by atoms with Crippen molar-refractivity contribution in [1.29, 1.82) is 0 Å². The van der Waals surface area contributed by atoms with Crippen molar-refractivity contribution in [2.75, 3.05) is 0 Å². The standard InChI is InChI=1S/C18H15ClN4O4/c1-10-9-12(11(2)22(10)14-6-4-13(19)5-7-14)3-8-15-20-17(24)16(23(26)27)18(25)21-15/h3-9H,1-2H3,(H2,20,21,24,25). The van der Waals surface area contributed by atoms with Crippen LogP contribution in [-0.4, -0.2) is 24.6 Å². The summed E-state index contributed by atoms with van der Waals surface area (Å²) in [7, 11) is 0. The van der Waals surface area contributed by atoms with E-state index in [1.54, 1.807) is 18.2 Å². The fourth-order valence-electron chi connectivity index (χ4n) is 2.83. The minimum Gasteiger partial charge on any atom is -0.488 e. The third-order valence-corrected chi connectivity index (χ3v) is 4.31. The van der Waals surface area contributed by atoms with Crippen LogP contribution in [0.25, 0.3) is 17.8 Å². The third-order valence-electron chi connectivity index (χ3n) is 4.05. The number of aromatic hydroxyl groups is 1. The van der Waals surface area contributed by atoms with Crippen molar-refractivity contribution in [3.63, 3.8) is 0 Å². The van der Waals surface area contributed by atoms with E-state index in [1.807, 2.05) is 36.6 Å². The second-order valence-corrected chi connectivity index (χ2v) is 6.29. The van der Waals surface area contributed by atoms with Crippen molar-refractivity contribution in [2.24, 2.45) is 0 Å². The Morgan fingerprint density at radius 2 is 1.93 bits per heavy atom. The van der Waals surface area contributed by atoms with Gasteiger partial charge in [-0.15, -0.1) is 0 Å². The zero-order chi connectivity index (χ0) is 19.7. The first-order chi connectivity index (χ1) is 12.8. The first-order valence-electron chi connectivity index (χ1n) is 7.88. The number of nitrogens with zero attached hydrogens (tertiary/aromatic N) is 3. The van der Waals surface area contributed by atoms with E-state index in [-0.39, 0.29) is 5.82 Å². The molecule has 0 saturated heterocycles. The molecule has 138 valence electrons. The number of nitro groups is 1. The predicted octanol–water partition coefficient (Wildman–Crippen LogP) is 3.62. The van der Waals surface area contributed by atoms with E-state index in [4.69, 9.17) is 11.6 Å². The van der Waals surface area contributed by atoms with Crippen molar-refractivity contribution in [3.05, 3.63) is 78.6 Å². The normalized spacial score (nSPS) is 11.2. The molecule has 3 rings (SSSR count). The van der Waals surface area contributed by atoms with Gasteiger partial charge in [0.2, 0.25) is 0 Å². The Hall–Kier alpha value is -3.39. The Morgan fingerprint density at radius 1 is 1.26 bits per heavy atom. The first-order valence-corrected chi connectivity index (χ1v) is 8.26. The van der Waals surface area contributed by atoms with Crippen molar-refractivity contribution >= 4 is 29.4 Å². The molecular formula is C18H15ClN4O4. The van der Waals surface area contributed by atoms with E-state index in [9.17, 15) is 20.0 Å². The lowest BCUT2D eigenvalue weighted by atomic mass is 10.2. The average molecular weight is 387 g/mol. The van der Waals surface area contributed by atoms with Crippen LogP contribution in [0.15, 0.2) is 35.1 Å². The average Bonchev–Trinajstić information content (AvgIpc) is 2.87. The number of benzene rings is 1. The minimum absolute atomic E-state index is 0.0133. The van der Waals surface area contributed by atoms with Crippen LogP contribution in [0.1, 0.15) is 22.8 Å². The lowest BCUT2D eigenvalue weighted by molar-refractivity contribution is -0.387. The van der Waals surface area contributed by atoms with Gasteiger partial charge < -0.3 is 14.7 Å². The fourth-order valence-corrected chi connectivity index (χ4v) is 2.95. The molecule has 0 bridgehead atoms. The van der Waals surface area contributed by atoms with Crippen molar-refractivity contribution in [1.82, 2.24) is 14.5 Å². The van der Waals surface area contributed by atoms with E-state index in [0.717, 1.165) is 22.6 Å². The van der Waals surface area contributed by atoms with Gasteiger partial charge in [-0.05, 0) is 61.9 Å². The number of nitrogens with one attached hydrogen (secondary N) is 1. The number of hydrogen-bond donors (Lipinski definition) is 2. The van der Waals surface area contributed by atoms with E-state index >= 15 is 0 Å². The van der Waals surface area contributed by atoms with Crippen LogP contribution >= 0.6 is 11.6 Å². The van der Waals surface area contributed by atoms with Crippen molar-refractivity contribution in [2.45, 2.75) is 13.8 Å². The molecule has 0 amide bonds. The highest BCUT2D eigenvalue weighted by molar-refractivity contribution is 6.30. The van der Waals surface area contributed by atoms with Gasteiger partial charge in [0.05, 0.1) is 4.92 Å². The molecule has 0 spiro atoms. The molecule has 2 N–H and O–H groups in total. The highest BCUT2D eigenvalue weighted by atomic mass is 35.5. The summed E-state index contributed by atoms with van der Waals surface area (Å²) in [5.74, 6) is -0.908. The number of rotatable bonds is 4. The summed E-state index contributed by atoms with van der Waals surface area (Å²) in [5.41, 5.74) is 1.75. The topological polar surface area (TPSA) is 114 Å². The van der Waals surface area contributed by atoms with Crippen LogP contribution in [0.3, 0.4) is 0 Å². The van der Waals surface area contributed by atoms with Crippen LogP contribution in [0.5, 0.6) is 5.88 Å². The van der Waals surface area contributed by atoms with Crippen molar-refractivity contribution < 1.29 is 10.0 Å². The smallest absolute Gasteiger partial charge is 0.395 e. The number of aromatic nitrogens is 3. The zero-order valence-corrected chi connectivity index (χ0v) is 15.2. The molecule has 0 radical (unpaired) electrons. The first kappa shape index (κ1) is 18.4. The number of H-pyrrole nitrogens is 1. The van der Waals surface area contributed by atoms with E-state index in [1.165, 1.54) is 6.08 Å². The Bertz CT molecular complexity index is 1110. The molecule has 9 heteroatoms. The highest BCUT2D eigenvalue weighted by Crippen LogP contribution is 2.24. The van der Waals surface area contributed by atoms with Gasteiger partial charge in [-0.2, -0.15) is 4.98 Å². The van der Waals surface area contributed by atoms with Gasteiger partial charge in [-0.25, -0.2) is 0 Å². The maximum Gasteiger partial charge on any atom is 0.395 e.